The van der Waals surface area contributed by atoms with E-state index in [4.69, 9.17) is 30.8 Å². The first-order valence-electron chi connectivity index (χ1n) is 19.1. The maximum atomic E-state index is 7.55. The van der Waals surface area contributed by atoms with Crippen LogP contribution in [0.25, 0.3) is 23.3 Å². The van der Waals surface area contributed by atoms with Crippen molar-refractivity contribution in [1.29, 1.82) is 0 Å². The number of piperidine rings is 1. The summed E-state index contributed by atoms with van der Waals surface area (Å²) in [7, 11) is 0. The van der Waals surface area contributed by atoms with E-state index in [9.17, 15) is 0 Å². The molecule has 4 atom stereocenters. The Labute approximate surface area is 316 Å². The molecule has 2 aliphatic heterocycles. The molecule has 0 N–H and O–H groups in total. The number of hydrogen-bond donors (Lipinski definition) is 0. The molecule has 4 aromatic carbocycles. The van der Waals surface area contributed by atoms with E-state index < -0.39 is 11.0 Å². The molecule has 6 heteroatoms. The van der Waals surface area contributed by atoms with E-state index in [0.717, 1.165) is 77.2 Å². The Kier molecular flexibility index (Phi) is 8.27. The summed E-state index contributed by atoms with van der Waals surface area (Å²) in [4.78, 5) is 8.04. The average Bonchev–Trinajstić information content (AvgIpc) is 3.94. The van der Waals surface area contributed by atoms with Gasteiger partial charge in [0.15, 0.2) is 17.6 Å². The van der Waals surface area contributed by atoms with Crippen LogP contribution >= 0.6 is 11.6 Å². The molecule has 3 heterocycles. The van der Waals surface area contributed by atoms with Gasteiger partial charge in [0.2, 0.25) is 0 Å². The normalized spacial score (nSPS) is 25.3. The quantitative estimate of drug-likeness (QED) is 0.136. The molecule has 2 fully saturated rings. The van der Waals surface area contributed by atoms with E-state index in [0.29, 0.717) is 13.2 Å². The Balaban J connectivity index is 1.09. The van der Waals surface area contributed by atoms with Crippen LogP contribution in [0, 0.1) is 5.92 Å². The van der Waals surface area contributed by atoms with Crippen molar-refractivity contribution in [3.05, 3.63) is 160 Å². The first-order chi connectivity index (χ1) is 26.1. The molecule has 0 unspecified atom stereocenters. The zero-order valence-electron chi connectivity index (χ0n) is 29.8. The largest absolute Gasteiger partial charge is 0.486 e. The van der Waals surface area contributed by atoms with Crippen LogP contribution in [0.4, 0.5) is 0 Å². The molecule has 3 aliphatic carbocycles. The van der Waals surface area contributed by atoms with Gasteiger partial charge in [-0.25, -0.2) is 0 Å². The second-order valence-electron chi connectivity index (χ2n) is 15.4. The zero-order chi connectivity index (χ0) is 35.4. The minimum Gasteiger partial charge on any atom is -0.486 e. The van der Waals surface area contributed by atoms with Crippen LogP contribution in [0.15, 0.2) is 121 Å². The number of hydrogen-bond acceptors (Lipinski definition) is 5. The minimum absolute atomic E-state index is 0.208. The Morgan fingerprint density at radius 3 is 2.30 bits per heavy atom. The highest BCUT2D eigenvalue weighted by Crippen LogP contribution is 2.69. The lowest BCUT2D eigenvalue weighted by atomic mass is 9.48. The lowest BCUT2D eigenvalue weighted by Crippen LogP contribution is -2.75. The number of benzene rings is 4. The van der Waals surface area contributed by atoms with Crippen LogP contribution in [0.2, 0.25) is 5.02 Å². The highest BCUT2D eigenvalue weighted by Gasteiger charge is 2.74. The van der Waals surface area contributed by atoms with Gasteiger partial charge in [0, 0.05) is 41.4 Å². The summed E-state index contributed by atoms with van der Waals surface area (Å²) in [5.74, 6) is 2.45. The van der Waals surface area contributed by atoms with Gasteiger partial charge < -0.3 is 14.2 Å². The first kappa shape index (κ1) is 32.9. The van der Waals surface area contributed by atoms with Crippen LogP contribution in [0.3, 0.4) is 0 Å². The van der Waals surface area contributed by atoms with Crippen LogP contribution in [0.5, 0.6) is 11.5 Å². The van der Waals surface area contributed by atoms with Crippen molar-refractivity contribution in [2.45, 2.75) is 55.3 Å². The molecule has 266 valence electrons. The number of fused-ring (bicyclic) bond motifs is 2. The highest BCUT2D eigenvalue weighted by atomic mass is 35.5. The van der Waals surface area contributed by atoms with Crippen molar-refractivity contribution in [1.82, 2.24) is 9.88 Å². The van der Waals surface area contributed by atoms with Gasteiger partial charge in [0.1, 0.15) is 12.2 Å². The third-order valence-corrected chi connectivity index (χ3v) is 12.6. The topological polar surface area (TPSA) is 43.8 Å². The SMILES string of the molecule is Clc1ccc(-c2cnc3c(c2)C[C@@]2(OC/C=C/c4ccccc4)[C@H]4Cc5ccc(OC/C=C/c6ccccc6)c6c5[C@@]2(CCN4CC2CC2)[C@H]3O6)cc1. The molecule has 2 bridgehead atoms. The van der Waals surface area contributed by atoms with Crippen molar-refractivity contribution in [3.8, 4) is 22.6 Å². The summed E-state index contributed by atoms with van der Waals surface area (Å²) in [6.07, 6.45) is 15.6. The molecule has 53 heavy (non-hydrogen) atoms. The fourth-order valence-electron chi connectivity index (χ4n) is 9.82. The average molecular weight is 719 g/mol. The fraction of sp³-hybridized carbons (Fsp3) is 0.298. The number of halogens is 1. The van der Waals surface area contributed by atoms with E-state index in [1.54, 1.807) is 0 Å². The van der Waals surface area contributed by atoms with Gasteiger partial charge in [-0.1, -0.05) is 109 Å². The molecule has 10 rings (SSSR count). The van der Waals surface area contributed by atoms with Gasteiger partial charge in [-0.3, -0.25) is 9.88 Å². The van der Waals surface area contributed by atoms with Crippen molar-refractivity contribution >= 4 is 23.8 Å². The van der Waals surface area contributed by atoms with Crippen LogP contribution < -0.4 is 9.47 Å². The summed E-state index contributed by atoms with van der Waals surface area (Å²) < 4.78 is 21.4. The van der Waals surface area contributed by atoms with Gasteiger partial charge in [-0.2, -0.15) is 0 Å². The van der Waals surface area contributed by atoms with Crippen molar-refractivity contribution in [3.63, 3.8) is 0 Å². The maximum Gasteiger partial charge on any atom is 0.166 e. The molecule has 5 nitrogen and oxygen atoms in total. The number of rotatable bonds is 11. The van der Waals surface area contributed by atoms with Crippen LogP contribution in [-0.2, 0) is 23.0 Å². The van der Waals surface area contributed by atoms with Crippen LogP contribution in [0.1, 0.15) is 58.9 Å². The summed E-state index contributed by atoms with van der Waals surface area (Å²) >= 11 is 6.30. The smallest absolute Gasteiger partial charge is 0.166 e. The molecule has 0 radical (unpaired) electrons. The highest BCUT2D eigenvalue weighted by molar-refractivity contribution is 6.30. The number of aromatic nitrogens is 1. The lowest BCUT2D eigenvalue weighted by molar-refractivity contribution is -0.199. The van der Waals surface area contributed by atoms with Gasteiger partial charge in [0.05, 0.1) is 17.7 Å². The zero-order valence-corrected chi connectivity index (χ0v) is 30.6. The van der Waals surface area contributed by atoms with Crippen molar-refractivity contribution in [2.75, 3.05) is 26.3 Å². The predicted molar refractivity (Wildman–Crippen MR) is 211 cm³/mol. The van der Waals surface area contributed by atoms with Gasteiger partial charge in [0.25, 0.3) is 0 Å². The molecule has 1 aromatic heterocycles. The third kappa shape index (κ3) is 5.64. The van der Waals surface area contributed by atoms with Crippen molar-refractivity contribution < 1.29 is 14.2 Å². The number of ether oxygens (including phenoxy) is 3. The van der Waals surface area contributed by atoms with E-state index in [2.05, 4.69) is 114 Å². The predicted octanol–water partition coefficient (Wildman–Crippen LogP) is 9.93. The molecular weight excluding hydrogens is 676 g/mol. The molecule has 0 amide bonds. The van der Waals surface area contributed by atoms with Gasteiger partial charge in [-0.15, -0.1) is 0 Å². The molecular formula is C47H43ClN2O3. The maximum absolute atomic E-state index is 7.55. The van der Waals surface area contributed by atoms with Crippen LogP contribution in [-0.4, -0.2) is 47.8 Å². The minimum atomic E-state index is -0.525. The number of nitrogens with zero attached hydrogens (tertiary/aromatic N) is 2. The second kappa shape index (κ2) is 13.3. The lowest BCUT2D eigenvalue weighted by Gasteiger charge is -2.64. The van der Waals surface area contributed by atoms with E-state index >= 15 is 0 Å². The first-order valence-corrected chi connectivity index (χ1v) is 19.5. The third-order valence-electron chi connectivity index (χ3n) is 12.3. The number of pyridine rings is 1. The van der Waals surface area contributed by atoms with E-state index in [1.165, 1.54) is 35.1 Å². The Morgan fingerprint density at radius 2 is 1.57 bits per heavy atom. The Bertz CT molecular complexity index is 2200. The standard InChI is InChI=1S/C47H43ClN2O3/c48-39-20-17-35(18-21-39)38-27-37-29-47(52-26-8-14-33-11-5-2-6-12-33)41-28-36-19-22-40(51-25-7-13-32-9-3-1-4-10-32)44-42(36)46(47,45(53-44)43(37)49-30-38)23-24-50(41)31-34-15-16-34/h1-14,17-22,27,30,34,41,45H,15-16,23-26,28-29,31H2/b13-7+,14-8+/t41-,45+,46+,47-/m1/s1. The van der Waals surface area contributed by atoms with Crippen molar-refractivity contribution in [2.24, 2.45) is 5.92 Å². The second-order valence-corrected chi connectivity index (χ2v) is 15.8. The summed E-state index contributed by atoms with van der Waals surface area (Å²) in [6.45, 7) is 3.12. The monoisotopic (exact) mass is 718 g/mol. The van der Waals surface area contributed by atoms with Gasteiger partial charge in [-0.05, 0) is 96.3 Å². The van der Waals surface area contributed by atoms with Gasteiger partial charge >= 0.3 is 0 Å². The Morgan fingerprint density at radius 1 is 0.830 bits per heavy atom. The molecule has 5 aromatic rings. The summed E-state index contributed by atoms with van der Waals surface area (Å²) in [5, 5.41) is 0.727. The molecule has 1 saturated carbocycles. The van der Waals surface area contributed by atoms with E-state index in [1.807, 2.05) is 24.4 Å². The molecule has 1 saturated heterocycles. The summed E-state index contributed by atoms with van der Waals surface area (Å²) in [5.41, 5.74) is 8.46. The van der Waals surface area contributed by atoms with E-state index in [-0.39, 0.29) is 12.1 Å². The molecule has 1 spiro atoms. The summed E-state index contributed by atoms with van der Waals surface area (Å²) in [6, 6.07) is 35.9. The Hall–Kier alpha value is -4.68. The molecule has 5 aliphatic rings. The number of likely N-dealkylation sites (tertiary alicyclic amines) is 1. The fourth-order valence-corrected chi connectivity index (χ4v) is 9.95.